The van der Waals surface area contributed by atoms with E-state index in [9.17, 15) is 13.6 Å². The molecule has 0 unspecified atom stereocenters. The van der Waals surface area contributed by atoms with Gasteiger partial charge >= 0.3 is 0 Å². The zero-order valence-corrected chi connectivity index (χ0v) is 10.4. The fourth-order valence-corrected chi connectivity index (χ4v) is 1.80. The molecule has 2 aromatic carbocycles. The Hall–Kier alpha value is -1.45. The fraction of sp³-hybridized carbons (Fsp3) is 0. The van der Waals surface area contributed by atoms with Crippen molar-refractivity contribution in [1.82, 2.24) is 0 Å². The van der Waals surface area contributed by atoms with Crippen LogP contribution < -0.4 is 0 Å². The highest BCUT2D eigenvalue weighted by Gasteiger charge is 2.16. The maximum atomic E-state index is 13.2. The van der Waals surface area contributed by atoms with Gasteiger partial charge in [-0.15, -0.1) is 0 Å². The standard InChI is InChI=1S/C13H6Cl2F2O/c14-9-5-4-7(6-11(9)17)13(18)8-2-1-3-10(16)12(8)15/h1-6H. The summed E-state index contributed by atoms with van der Waals surface area (Å²) in [5.74, 6) is -1.97. The van der Waals surface area contributed by atoms with E-state index < -0.39 is 17.4 Å². The molecule has 0 N–H and O–H groups in total. The van der Waals surface area contributed by atoms with Crippen molar-refractivity contribution >= 4 is 29.0 Å². The molecular weight excluding hydrogens is 281 g/mol. The second-order valence-electron chi connectivity index (χ2n) is 3.56. The summed E-state index contributed by atoms with van der Waals surface area (Å²) >= 11 is 11.2. The Morgan fingerprint density at radius 3 is 2.39 bits per heavy atom. The molecule has 0 aliphatic heterocycles. The molecule has 0 radical (unpaired) electrons. The number of hydrogen-bond donors (Lipinski definition) is 0. The topological polar surface area (TPSA) is 17.1 Å². The molecule has 0 aliphatic carbocycles. The van der Waals surface area contributed by atoms with Crippen molar-refractivity contribution in [3.63, 3.8) is 0 Å². The molecule has 1 nitrogen and oxygen atoms in total. The molecule has 0 fully saturated rings. The van der Waals surface area contributed by atoms with Gasteiger partial charge in [0, 0.05) is 11.1 Å². The van der Waals surface area contributed by atoms with E-state index in [0.717, 1.165) is 12.1 Å². The van der Waals surface area contributed by atoms with Crippen LogP contribution in [0.25, 0.3) is 0 Å². The van der Waals surface area contributed by atoms with Gasteiger partial charge in [0.2, 0.25) is 0 Å². The summed E-state index contributed by atoms with van der Waals surface area (Å²) in [5, 5.41) is -0.366. The third kappa shape index (κ3) is 2.37. The van der Waals surface area contributed by atoms with Gasteiger partial charge < -0.3 is 0 Å². The minimum atomic E-state index is -0.713. The van der Waals surface area contributed by atoms with Gasteiger partial charge in [0.05, 0.1) is 10.0 Å². The summed E-state index contributed by atoms with van der Waals surface area (Å²) in [6, 6.07) is 7.49. The number of halogens is 4. The van der Waals surface area contributed by atoms with Crippen LogP contribution in [0.2, 0.25) is 10.0 Å². The Balaban J connectivity index is 2.48. The SMILES string of the molecule is O=C(c1ccc(Cl)c(F)c1)c1cccc(F)c1Cl. The van der Waals surface area contributed by atoms with Crippen LogP contribution in [-0.4, -0.2) is 5.78 Å². The van der Waals surface area contributed by atoms with Crippen LogP contribution in [0.4, 0.5) is 8.78 Å². The van der Waals surface area contributed by atoms with E-state index in [4.69, 9.17) is 23.2 Å². The molecule has 0 amide bonds. The molecule has 0 bridgehead atoms. The summed E-state index contributed by atoms with van der Waals surface area (Å²) < 4.78 is 26.5. The third-order valence-electron chi connectivity index (χ3n) is 2.38. The fourth-order valence-electron chi connectivity index (χ4n) is 1.47. The average Bonchev–Trinajstić information content (AvgIpc) is 2.35. The van der Waals surface area contributed by atoms with Crippen molar-refractivity contribution in [2.45, 2.75) is 0 Å². The monoisotopic (exact) mass is 286 g/mol. The van der Waals surface area contributed by atoms with Gasteiger partial charge in [-0.05, 0) is 30.3 Å². The van der Waals surface area contributed by atoms with E-state index in [1.54, 1.807) is 0 Å². The van der Waals surface area contributed by atoms with Crippen molar-refractivity contribution in [3.05, 3.63) is 69.2 Å². The first kappa shape index (κ1) is 13.0. The van der Waals surface area contributed by atoms with Gasteiger partial charge in [-0.3, -0.25) is 4.79 Å². The van der Waals surface area contributed by atoms with Crippen molar-refractivity contribution < 1.29 is 13.6 Å². The molecule has 0 saturated carbocycles. The van der Waals surface area contributed by atoms with Crippen LogP contribution in [0.3, 0.4) is 0 Å². The number of ketones is 1. The summed E-state index contributed by atoms with van der Waals surface area (Å²) in [5.41, 5.74) is 0.0442. The van der Waals surface area contributed by atoms with Gasteiger partial charge in [0.25, 0.3) is 0 Å². The smallest absolute Gasteiger partial charge is 0.194 e. The Morgan fingerprint density at radius 2 is 1.72 bits per heavy atom. The third-order valence-corrected chi connectivity index (χ3v) is 3.07. The second kappa shape index (κ2) is 5.04. The minimum Gasteiger partial charge on any atom is -0.289 e. The quantitative estimate of drug-likeness (QED) is 0.743. The van der Waals surface area contributed by atoms with Gasteiger partial charge in [-0.1, -0.05) is 29.3 Å². The Bertz CT molecular complexity index is 626. The molecule has 0 saturated heterocycles. The van der Waals surface area contributed by atoms with E-state index in [1.807, 2.05) is 0 Å². The molecule has 0 heterocycles. The number of benzene rings is 2. The molecule has 5 heteroatoms. The summed E-state index contributed by atoms with van der Waals surface area (Å²) in [6.07, 6.45) is 0. The molecular formula is C13H6Cl2F2O. The van der Waals surface area contributed by atoms with Crippen LogP contribution in [0.1, 0.15) is 15.9 Å². The molecule has 0 atom stereocenters. The van der Waals surface area contributed by atoms with E-state index in [-0.39, 0.29) is 21.2 Å². The lowest BCUT2D eigenvalue weighted by Crippen LogP contribution is -2.03. The van der Waals surface area contributed by atoms with Crippen molar-refractivity contribution in [2.24, 2.45) is 0 Å². The van der Waals surface area contributed by atoms with Crippen molar-refractivity contribution in [1.29, 1.82) is 0 Å². The van der Waals surface area contributed by atoms with E-state index in [1.165, 1.54) is 24.3 Å². The molecule has 2 rings (SSSR count). The van der Waals surface area contributed by atoms with Gasteiger partial charge in [-0.25, -0.2) is 8.78 Å². The molecule has 18 heavy (non-hydrogen) atoms. The highest BCUT2D eigenvalue weighted by molar-refractivity contribution is 6.35. The van der Waals surface area contributed by atoms with Crippen molar-refractivity contribution in [2.75, 3.05) is 0 Å². The first-order chi connectivity index (χ1) is 8.50. The lowest BCUT2D eigenvalue weighted by molar-refractivity contribution is 0.103. The predicted octanol–water partition coefficient (Wildman–Crippen LogP) is 4.50. The van der Waals surface area contributed by atoms with Crippen LogP contribution in [0, 0.1) is 11.6 Å². The van der Waals surface area contributed by atoms with Crippen LogP contribution in [0.5, 0.6) is 0 Å². The van der Waals surface area contributed by atoms with Gasteiger partial charge in [-0.2, -0.15) is 0 Å². The number of carbonyl (C=O) groups is 1. The molecule has 0 aromatic heterocycles. The summed E-state index contributed by atoms with van der Waals surface area (Å²) in [7, 11) is 0. The number of carbonyl (C=O) groups excluding carboxylic acids is 1. The van der Waals surface area contributed by atoms with E-state index in [0.29, 0.717) is 0 Å². The van der Waals surface area contributed by atoms with Gasteiger partial charge in [0.15, 0.2) is 5.78 Å². The molecule has 0 aliphatic rings. The Morgan fingerprint density at radius 1 is 1.00 bits per heavy atom. The molecule has 0 spiro atoms. The highest BCUT2D eigenvalue weighted by atomic mass is 35.5. The zero-order chi connectivity index (χ0) is 13.3. The largest absolute Gasteiger partial charge is 0.289 e. The summed E-state index contributed by atoms with van der Waals surface area (Å²) in [4.78, 5) is 12.0. The average molecular weight is 287 g/mol. The second-order valence-corrected chi connectivity index (χ2v) is 4.34. The first-order valence-electron chi connectivity index (χ1n) is 4.94. The normalized spacial score (nSPS) is 10.4. The molecule has 2 aromatic rings. The van der Waals surface area contributed by atoms with Gasteiger partial charge in [0.1, 0.15) is 11.6 Å². The van der Waals surface area contributed by atoms with Crippen LogP contribution >= 0.6 is 23.2 Å². The number of hydrogen-bond acceptors (Lipinski definition) is 1. The maximum Gasteiger partial charge on any atom is 0.194 e. The Kier molecular flexibility index (Phi) is 3.64. The highest BCUT2D eigenvalue weighted by Crippen LogP contribution is 2.24. The Labute approximate surface area is 112 Å². The van der Waals surface area contributed by atoms with E-state index >= 15 is 0 Å². The molecule has 92 valence electrons. The zero-order valence-electron chi connectivity index (χ0n) is 8.88. The minimum absolute atomic E-state index is 0.0154. The van der Waals surface area contributed by atoms with E-state index in [2.05, 4.69) is 0 Å². The maximum absolute atomic E-state index is 13.2. The van der Waals surface area contributed by atoms with Crippen LogP contribution in [0.15, 0.2) is 36.4 Å². The lowest BCUT2D eigenvalue weighted by atomic mass is 10.0. The van der Waals surface area contributed by atoms with Crippen LogP contribution in [-0.2, 0) is 0 Å². The lowest BCUT2D eigenvalue weighted by Gasteiger charge is -2.05. The summed E-state index contributed by atoms with van der Waals surface area (Å²) in [6.45, 7) is 0. The first-order valence-corrected chi connectivity index (χ1v) is 5.70. The van der Waals surface area contributed by atoms with Crippen molar-refractivity contribution in [3.8, 4) is 0 Å². The predicted molar refractivity (Wildman–Crippen MR) is 66.3 cm³/mol. The number of rotatable bonds is 2.